The number of hydrogen-bond donors (Lipinski definition) is 1. The van der Waals surface area contributed by atoms with E-state index in [9.17, 15) is 4.79 Å². The second kappa shape index (κ2) is 11.5. The predicted octanol–water partition coefficient (Wildman–Crippen LogP) is 5.51. The summed E-state index contributed by atoms with van der Waals surface area (Å²) in [4.78, 5) is 23.2. The minimum atomic E-state index is 0.00317. The monoisotopic (exact) mass is 468 g/mol. The van der Waals surface area contributed by atoms with Crippen LogP contribution in [0.4, 0.5) is 5.82 Å². The van der Waals surface area contributed by atoms with Gasteiger partial charge in [-0.25, -0.2) is 9.97 Å². The molecule has 0 saturated carbocycles. The van der Waals surface area contributed by atoms with Crippen molar-refractivity contribution in [3.63, 3.8) is 0 Å². The summed E-state index contributed by atoms with van der Waals surface area (Å²) in [6.45, 7) is 8.01. The van der Waals surface area contributed by atoms with Crippen LogP contribution in [0.3, 0.4) is 0 Å². The molecule has 0 fully saturated rings. The van der Waals surface area contributed by atoms with Gasteiger partial charge < -0.3 is 15.0 Å². The molecule has 35 heavy (non-hydrogen) atoms. The van der Waals surface area contributed by atoms with Crippen LogP contribution in [0, 0.1) is 6.92 Å². The Balaban J connectivity index is 1.37. The lowest BCUT2D eigenvalue weighted by Crippen LogP contribution is -2.34. The number of benzene rings is 3. The molecule has 0 radical (unpaired) electrons. The fourth-order valence-electron chi connectivity index (χ4n) is 4.09. The molecule has 4 rings (SSSR count). The molecule has 0 atom stereocenters. The van der Waals surface area contributed by atoms with Gasteiger partial charge in [-0.2, -0.15) is 0 Å². The highest BCUT2D eigenvalue weighted by Crippen LogP contribution is 2.24. The number of aromatic nitrogens is 2. The van der Waals surface area contributed by atoms with Crippen LogP contribution in [0.15, 0.2) is 72.8 Å². The van der Waals surface area contributed by atoms with Crippen molar-refractivity contribution in [1.29, 1.82) is 0 Å². The number of carbonyl (C=O) groups is 1. The molecule has 3 aromatic carbocycles. The van der Waals surface area contributed by atoms with Crippen molar-refractivity contribution in [3.8, 4) is 17.0 Å². The van der Waals surface area contributed by atoms with Crippen LogP contribution < -0.4 is 10.1 Å². The minimum Gasteiger partial charge on any atom is -0.484 e. The fraction of sp³-hybridized carbons (Fsp3) is 0.276. The molecule has 180 valence electrons. The van der Waals surface area contributed by atoms with Gasteiger partial charge in [0.1, 0.15) is 17.4 Å². The van der Waals surface area contributed by atoms with Crippen molar-refractivity contribution in [1.82, 2.24) is 14.9 Å². The second-order valence-electron chi connectivity index (χ2n) is 8.43. The van der Waals surface area contributed by atoms with Crippen LogP contribution in [-0.2, 0) is 11.2 Å². The number of amides is 1. The molecule has 0 saturated heterocycles. The summed E-state index contributed by atoms with van der Waals surface area (Å²) in [5.74, 6) is 2.24. The van der Waals surface area contributed by atoms with E-state index in [1.807, 2.05) is 57.2 Å². The van der Waals surface area contributed by atoms with Gasteiger partial charge in [-0.3, -0.25) is 4.79 Å². The van der Waals surface area contributed by atoms with Crippen molar-refractivity contribution < 1.29 is 9.53 Å². The minimum absolute atomic E-state index is 0.00317. The van der Waals surface area contributed by atoms with Crippen LogP contribution in [0.25, 0.3) is 22.0 Å². The lowest BCUT2D eigenvalue weighted by Gasteiger charge is -2.18. The first-order valence-electron chi connectivity index (χ1n) is 12.1. The standard InChI is InChI=1S/C29H32N4O2/c1-4-33(5-2)29(34)20-35-26-12-8-9-22(17-26)15-16-30-28-19-27(31-21(3)32-28)25-14-13-23-10-6-7-11-24(23)18-25/h6-14,17-19H,4-5,15-16,20H2,1-3H3,(H,30,31,32). The van der Waals surface area contributed by atoms with Gasteiger partial charge >= 0.3 is 0 Å². The summed E-state index contributed by atoms with van der Waals surface area (Å²) in [5.41, 5.74) is 3.10. The zero-order valence-corrected chi connectivity index (χ0v) is 20.6. The molecule has 0 unspecified atom stereocenters. The summed E-state index contributed by atoms with van der Waals surface area (Å²) >= 11 is 0. The zero-order chi connectivity index (χ0) is 24.6. The Kier molecular flexibility index (Phi) is 7.93. The third-order valence-corrected chi connectivity index (χ3v) is 5.98. The highest BCUT2D eigenvalue weighted by molar-refractivity contribution is 5.87. The lowest BCUT2D eigenvalue weighted by atomic mass is 10.0. The van der Waals surface area contributed by atoms with Gasteiger partial charge in [0.2, 0.25) is 0 Å². The number of fused-ring (bicyclic) bond motifs is 1. The Bertz CT molecular complexity index is 1300. The van der Waals surface area contributed by atoms with Crippen molar-refractivity contribution in [2.45, 2.75) is 27.2 Å². The molecular formula is C29H32N4O2. The van der Waals surface area contributed by atoms with Crippen molar-refractivity contribution in [2.75, 3.05) is 31.6 Å². The molecule has 1 aromatic heterocycles. The predicted molar refractivity (Wildman–Crippen MR) is 142 cm³/mol. The normalized spacial score (nSPS) is 10.8. The summed E-state index contributed by atoms with van der Waals surface area (Å²) in [7, 11) is 0. The number of nitrogens with one attached hydrogen (secondary N) is 1. The van der Waals surface area contributed by atoms with E-state index < -0.39 is 0 Å². The number of aryl methyl sites for hydroxylation is 1. The van der Waals surface area contributed by atoms with E-state index in [4.69, 9.17) is 4.74 Å². The number of rotatable bonds is 10. The van der Waals surface area contributed by atoms with E-state index in [2.05, 4.69) is 51.7 Å². The zero-order valence-electron chi connectivity index (χ0n) is 20.6. The molecule has 1 amide bonds. The van der Waals surface area contributed by atoms with E-state index >= 15 is 0 Å². The van der Waals surface area contributed by atoms with Crippen molar-refractivity contribution in [2.24, 2.45) is 0 Å². The second-order valence-corrected chi connectivity index (χ2v) is 8.43. The smallest absolute Gasteiger partial charge is 0.260 e. The summed E-state index contributed by atoms with van der Waals surface area (Å²) in [5, 5.41) is 5.83. The molecule has 6 heteroatoms. The van der Waals surface area contributed by atoms with Gasteiger partial charge in [0.15, 0.2) is 6.61 Å². The van der Waals surface area contributed by atoms with Gasteiger partial charge in [0.05, 0.1) is 5.69 Å². The fourth-order valence-corrected chi connectivity index (χ4v) is 4.09. The highest BCUT2D eigenvalue weighted by atomic mass is 16.5. The maximum absolute atomic E-state index is 12.2. The molecule has 0 aliphatic rings. The van der Waals surface area contributed by atoms with E-state index in [0.29, 0.717) is 18.8 Å². The number of carbonyl (C=O) groups excluding carboxylic acids is 1. The maximum atomic E-state index is 12.2. The number of nitrogens with zero attached hydrogens (tertiary/aromatic N) is 3. The largest absolute Gasteiger partial charge is 0.484 e. The average Bonchev–Trinajstić information content (AvgIpc) is 2.88. The number of likely N-dealkylation sites (N-methyl/N-ethyl adjacent to an activating group) is 1. The molecular weight excluding hydrogens is 436 g/mol. The molecule has 4 aromatic rings. The third-order valence-electron chi connectivity index (χ3n) is 5.98. The van der Waals surface area contributed by atoms with Gasteiger partial charge in [0, 0.05) is 31.3 Å². The Morgan fingerprint density at radius 2 is 1.71 bits per heavy atom. The average molecular weight is 469 g/mol. The summed E-state index contributed by atoms with van der Waals surface area (Å²) < 4.78 is 5.74. The lowest BCUT2D eigenvalue weighted by molar-refractivity contribution is -0.132. The van der Waals surface area contributed by atoms with Crippen molar-refractivity contribution >= 4 is 22.5 Å². The van der Waals surface area contributed by atoms with Gasteiger partial charge in [-0.15, -0.1) is 0 Å². The highest BCUT2D eigenvalue weighted by Gasteiger charge is 2.10. The summed E-state index contributed by atoms with van der Waals surface area (Å²) in [6, 6.07) is 24.6. The quantitative estimate of drug-likeness (QED) is 0.333. The van der Waals surface area contributed by atoms with Crippen LogP contribution in [0.2, 0.25) is 0 Å². The first-order valence-corrected chi connectivity index (χ1v) is 12.1. The van der Waals surface area contributed by atoms with Crippen molar-refractivity contribution in [3.05, 3.63) is 84.2 Å². The number of anilines is 1. The third kappa shape index (κ3) is 6.35. The molecule has 0 aliphatic heterocycles. The molecule has 0 spiro atoms. The Hall–Kier alpha value is -3.93. The first-order chi connectivity index (χ1) is 17.1. The Morgan fingerprint density at radius 1 is 0.914 bits per heavy atom. The Morgan fingerprint density at radius 3 is 2.51 bits per heavy atom. The Labute approximate surface area is 207 Å². The van der Waals surface area contributed by atoms with Crippen LogP contribution in [0.5, 0.6) is 5.75 Å². The first kappa shape index (κ1) is 24.2. The van der Waals surface area contributed by atoms with E-state index in [-0.39, 0.29) is 12.5 Å². The van der Waals surface area contributed by atoms with Gasteiger partial charge in [-0.1, -0.05) is 48.5 Å². The van der Waals surface area contributed by atoms with E-state index in [1.165, 1.54) is 10.8 Å². The van der Waals surface area contributed by atoms with E-state index in [1.54, 1.807) is 4.90 Å². The molecule has 6 nitrogen and oxygen atoms in total. The van der Waals surface area contributed by atoms with Crippen LogP contribution in [0.1, 0.15) is 25.2 Å². The van der Waals surface area contributed by atoms with Gasteiger partial charge in [0.25, 0.3) is 5.91 Å². The molecule has 0 bridgehead atoms. The molecule has 1 heterocycles. The topological polar surface area (TPSA) is 67.3 Å². The SMILES string of the molecule is CCN(CC)C(=O)COc1cccc(CCNc2cc(-c3ccc4ccccc4c3)nc(C)n2)c1. The van der Waals surface area contributed by atoms with E-state index in [0.717, 1.165) is 41.4 Å². The van der Waals surface area contributed by atoms with Crippen LogP contribution in [-0.4, -0.2) is 47.0 Å². The molecule has 0 aliphatic carbocycles. The number of hydrogen-bond acceptors (Lipinski definition) is 5. The van der Waals surface area contributed by atoms with Crippen LogP contribution >= 0.6 is 0 Å². The molecule has 1 N–H and O–H groups in total. The summed E-state index contributed by atoms with van der Waals surface area (Å²) in [6.07, 6.45) is 0.801. The van der Waals surface area contributed by atoms with Gasteiger partial charge in [-0.05, 0) is 61.7 Å². The maximum Gasteiger partial charge on any atom is 0.260 e. The number of ether oxygens (including phenoxy) is 1.